The van der Waals surface area contributed by atoms with Gasteiger partial charge in [-0.3, -0.25) is 4.79 Å². The van der Waals surface area contributed by atoms with Crippen LogP contribution in [0.15, 0.2) is 17.6 Å². The summed E-state index contributed by atoms with van der Waals surface area (Å²) >= 11 is 1.65. The SMILES string of the molecule is CNC(=O)c1cn(C)c2sccc12. The van der Waals surface area contributed by atoms with E-state index < -0.39 is 0 Å². The van der Waals surface area contributed by atoms with E-state index in [1.807, 2.05) is 29.3 Å². The summed E-state index contributed by atoms with van der Waals surface area (Å²) in [5.41, 5.74) is 0.751. The van der Waals surface area contributed by atoms with E-state index in [0.717, 1.165) is 15.8 Å². The average Bonchev–Trinajstić information content (AvgIpc) is 2.68. The summed E-state index contributed by atoms with van der Waals surface area (Å²) in [4.78, 5) is 12.6. The Morgan fingerprint density at radius 2 is 2.38 bits per heavy atom. The van der Waals surface area contributed by atoms with Crippen molar-refractivity contribution >= 4 is 27.5 Å². The molecule has 0 saturated heterocycles. The maximum absolute atomic E-state index is 11.4. The van der Waals surface area contributed by atoms with Gasteiger partial charge in [0.1, 0.15) is 4.83 Å². The largest absolute Gasteiger partial charge is 0.355 e. The van der Waals surface area contributed by atoms with Crippen LogP contribution in [-0.2, 0) is 7.05 Å². The van der Waals surface area contributed by atoms with Crippen LogP contribution in [0.2, 0.25) is 0 Å². The third-order valence-electron chi connectivity index (χ3n) is 2.05. The fourth-order valence-corrected chi connectivity index (χ4v) is 2.27. The number of aryl methyl sites for hydroxylation is 1. The summed E-state index contributed by atoms with van der Waals surface area (Å²) in [6.45, 7) is 0. The zero-order valence-electron chi connectivity index (χ0n) is 7.50. The van der Waals surface area contributed by atoms with Crippen LogP contribution in [-0.4, -0.2) is 17.5 Å². The smallest absolute Gasteiger partial charge is 0.253 e. The molecule has 2 aromatic heterocycles. The van der Waals surface area contributed by atoms with E-state index in [1.54, 1.807) is 18.4 Å². The number of aromatic nitrogens is 1. The van der Waals surface area contributed by atoms with Gasteiger partial charge in [-0.2, -0.15) is 0 Å². The molecule has 1 N–H and O–H groups in total. The number of thiophene rings is 1. The van der Waals surface area contributed by atoms with E-state index in [-0.39, 0.29) is 5.91 Å². The molecule has 13 heavy (non-hydrogen) atoms. The van der Waals surface area contributed by atoms with Gasteiger partial charge in [-0.15, -0.1) is 11.3 Å². The van der Waals surface area contributed by atoms with Gasteiger partial charge in [0.25, 0.3) is 5.91 Å². The molecule has 0 unspecified atom stereocenters. The third-order valence-corrected chi connectivity index (χ3v) is 3.05. The van der Waals surface area contributed by atoms with Crippen molar-refractivity contribution in [1.82, 2.24) is 9.88 Å². The molecule has 4 heteroatoms. The second-order valence-electron chi connectivity index (χ2n) is 2.87. The highest BCUT2D eigenvalue weighted by molar-refractivity contribution is 7.16. The van der Waals surface area contributed by atoms with Crippen molar-refractivity contribution < 1.29 is 4.79 Å². The molecule has 0 atom stereocenters. The Morgan fingerprint density at radius 1 is 1.62 bits per heavy atom. The lowest BCUT2D eigenvalue weighted by Crippen LogP contribution is -2.17. The summed E-state index contributed by atoms with van der Waals surface area (Å²) in [5.74, 6) is -0.0241. The van der Waals surface area contributed by atoms with Crippen molar-refractivity contribution in [3.63, 3.8) is 0 Å². The number of carbonyl (C=O) groups excluding carboxylic acids is 1. The van der Waals surface area contributed by atoms with E-state index in [1.165, 1.54) is 0 Å². The number of hydrogen-bond donors (Lipinski definition) is 1. The summed E-state index contributed by atoms with van der Waals surface area (Å²) in [7, 11) is 3.60. The molecule has 0 aliphatic heterocycles. The van der Waals surface area contributed by atoms with E-state index in [0.29, 0.717) is 0 Å². The van der Waals surface area contributed by atoms with Gasteiger partial charge in [-0.25, -0.2) is 0 Å². The molecule has 0 saturated carbocycles. The normalized spacial score (nSPS) is 10.6. The number of nitrogens with zero attached hydrogens (tertiary/aromatic N) is 1. The van der Waals surface area contributed by atoms with E-state index in [9.17, 15) is 4.79 Å². The Balaban J connectivity index is 2.68. The van der Waals surface area contributed by atoms with Gasteiger partial charge in [-0.05, 0) is 11.4 Å². The van der Waals surface area contributed by atoms with Crippen LogP contribution in [0.5, 0.6) is 0 Å². The molecule has 2 heterocycles. The van der Waals surface area contributed by atoms with Crippen molar-refractivity contribution in [3.05, 3.63) is 23.2 Å². The Kier molecular flexibility index (Phi) is 1.84. The predicted octanol–water partition coefficient (Wildman–Crippen LogP) is 1.60. The molecule has 68 valence electrons. The third kappa shape index (κ3) is 1.14. The van der Waals surface area contributed by atoms with Crippen LogP contribution in [0.3, 0.4) is 0 Å². The number of amides is 1. The molecule has 2 aromatic rings. The second kappa shape index (κ2) is 2.88. The monoisotopic (exact) mass is 194 g/mol. The summed E-state index contributed by atoms with van der Waals surface area (Å²) in [6.07, 6.45) is 1.86. The Morgan fingerprint density at radius 3 is 3.08 bits per heavy atom. The van der Waals surface area contributed by atoms with Crippen LogP contribution < -0.4 is 5.32 Å². The number of carbonyl (C=O) groups is 1. The van der Waals surface area contributed by atoms with E-state index in [2.05, 4.69) is 5.32 Å². The fourth-order valence-electron chi connectivity index (χ4n) is 1.42. The molecule has 0 radical (unpaired) electrons. The molecule has 0 aromatic carbocycles. The Hall–Kier alpha value is -1.29. The van der Waals surface area contributed by atoms with Crippen LogP contribution >= 0.6 is 11.3 Å². The molecule has 0 aliphatic rings. The van der Waals surface area contributed by atoms with Gasteiger partial charge < -0.3 is 9.88 Å². The number of rotatable bonds is 1. The van der Waals surface area contributed by atoms with Crippen LogP contribution in [0.1, 0.15) is 10.4 Å². The quantitative estimate of drug-likeness (QED) is 0.735. The lowest BCUT2D eigenvalue weighted by molar-refractivity contribution is 0.0964. The summed E-state index contributed by atoms with van der Waals surface area (Å²) in [6, 6.07) is 1.98. The highest BCUT2D eigenvalue weighted by Crippen LogP contribution is 2.25. The molecule has 3 nitrogen and oxygen atoms in total. The van der Waals surface area contributed by atoms with Crippen LogP contribution in [0, 0.1) is 0 Å². The minimum Gasteiger partial charge on any atom is -0.355 e. The molecule has 0 bridgehead atoms. The first kappa shape index (κ1) is 8.31. The van der Waals surface area contributed by atoms with Crippen molar-refractivity contribution in [2.75, 3.05) is 7.05 Å². The molecular formula is C9H10N2OS. The predicted molar refractivity (Wildman–Crippen MR) is 54.2 cm³/mol. The highest BCUT2D eigenvalue weighted by Gasteiger charge is 2.12. The first-order chi connectivity index (χ1) is 6.24. The number of fused-ring (bicyclic) bond motifs is 1. The van der Waals surface area contributed by atoms with Crippen LogP contribution in [0.4, 0.5) is 0 Å². The van der Waals surface area contributed by atoms with Crippen LogP contribution in [0.25, 0.3) is 10.2 Å². The van der Waals surface area contributed by atoms with E-state index in [4.69, 9.17) is 0 Å². The first-order valence-electron chi connectivity index (χ1n) is 3.98. The van der Waals surface area contributed by atoms with Crippen molar-refractivity contribution in [2.24, 2.45) is 7.05 Å². The Labute approximate surface area is 80.0 Å². The molecule has 0 spiro atoms. The molecule has 0 fully saturated rings. The minimum absolute atomic E-state index is 0.0241. The zero-order chi connectivity index (χ0) is 9.42. The molecule has 2 rings (SSSR count). The van der Waals surface area contributed by atoms with Gasteiger partial charge in [0.05, 0.1) is 5.56 Å². The molecular weight excluding hydrogens is 184 g/mol. The Bertz CT molecular complexity index is 455. The standard InChI is InChI=1S/C9H10N2OS/c1-10-8(12)7-5-11(2)9-6(7)3-4-13-9/h3-5H,1-2H3,(H,10,12). The lowest BCUT2D eigenvalue weighted by atomic mass is 10.2. The van der Waals surface area contributed by atoms with Gasteiger partial charge in [0.15, 0.2) is 0 Å². The van der Waals surface area contributed by atoms with Crippen molar-refractivity contribution in [2.45, 2.75) is 0 Å². The minimum atomic E-state index is -0.0241. The molecule has 0 aliphatic carbocycles. The van der Waals surface area contributed by atoms with E-state index >= 15 is 0 Å². The first-order valence-corrected chi connectivity index (χ1v) is 4.86. The van der Waals surface area contributed by atoms with Crippen molar-refractivity contribution in [1.29, 1.82) is 0 Å². The van der Waals surface area contributed by atoms with Crippen molar-refractivity contribution in [3.8, 4) is 0 Å². The van der Waals surface area contributed by atoms with Gasteiger partial charge in [0.2, 0.25) is 0 Å². The topological polar surface area (TPSA) is 34.0 Å². The van der Waals surface area contributed by atoms with Gasteiger partial charge >= 0.3 is 0 Å². The summed E-state index contributed by atoms with van der Waals surface area (Å²) < 4.78 is 1.98. The molecule has 1 amide bonds. The second-order valence-corrected chi connectivity index (χ2v) is 3.77. The van der Waals surface area contributed by atoms with Gasteiger partial charge in [0, 0.05) is 25.7 Å². The zero-order valence-corrected chi connectivity index (χ0v) is 8.31. The van der Waals surface area contributed by atoms with Gasteiger partial charge in [-0.1, -0.05) is 0 Å². The lowest BCUT2D eigenvalue weighted by Gasteiger charge is -1.93. The number of hydrogen-bond acceptors (Lipinski definition) is 2. The maximum Gasteiger partial charge on any atom is 0.253 e. The summed E-state index contributed by atoms with van der Waals surface area (Å²) in [5, 5.41) is 5.66. The fraction of sp³-hybridized carbons (Fsp3) is 0.222. The maximum atomic E-state index is 11.4. The average molecular weight is 194 g/mol. The number of nitrogens with one attached hydrogen (secondary N) is 1. The highest BCUT2D eigenvalue weighted by atomic mass is 32.1.